The van der Waals surface area contributed by atoms with Crippen molar-refractivity contribution >= 4 is 17.6 Å². The molecule has 0 spiro atoms. The minimum atomic E-state index is -0.242. The zero-order valence-electron chi connectivity index (χ0n) is 17.3. The van der Waals surface area contributed by atoms with Gasteiger partial charge in [-0.3, -0.25) is 9.59 Å². The number of hydrogen-bond donors (Lipinski definition) is 1. The molecule has 6 heteroatoms. The molecule has 27 heavy (non-hydrogen) atoms. The van der Waals surface area contributed by atoms with Gasteiger partial charge in [-0.05, 0) is 32.4 Å². The second kappa shape index (κ2) is 7.94. The minimum Gasteiger partial charge on any atom is -0.331 e. The van der Waals surface area contributed by atoms with Crippen molar-refractivity contribution in [3.8, 4) is 5.69 Å². The van der Waals surface area contributed by atoms with E-state index >= 15 is 0 Å². The second-order valence-corrected chi connectivity index (χ2v) is 8.15. The summed E-state index contributed by atoms with van der Waals surface area (Å²) in [4.78, 5) is 25.9. The van der Waals surface area contributed by atoms with Crippen LogP contribution in [0.4, 0.5) is 5.82 Å². The molecule has 6 nitrogen and oxygen atoms in total. The summed E-state index contributed by atoms with van der Waals surface area (Å²) in [5.41, 5.74) is 2.70. The smallest absolute Gasteiger partial charge is 0.245 e. The van der Waals surface area contributed by atoms with Gasteiger partial charge in [0, 0.05) is 24.4 Å². The molecule has 0 bridgehead atoms. The summed E-state index contributed by atoms with van der Waals surface area (Å²) in [7, 11) is 0. The van der Waals surface area contributed by atoms with E-state index in [1.54, 1.807) is 4.68 Å². The van der Waals surface area contributed by atoms with Crippen LogP contribution in [-0.2, 0) is 15.0 Å². The largest absolute Gasteiger partial charge is 0.331 e. The lowest BCUT2D eigenvalue weighted by molar-refractivity contribution is -0.134. The summed E-state index contributed by atoms with van der Waals surface area (Å²) in [5, 5.41) is 7.67. The number of benzene rings is 1. The van der Waals surface area contributed by atoms with Crippen LogP contribution >= 0.6 is 0 Å². The molecule has 0 radical (unpaired) electrons. The van der Waals surface area contributed by atoms with E-state index in [0.29, 0.717) is 5.82 Å². The third-order valence-corrected chi connectivity index (χ3v) is 4.43. The topological polar surface area (TPSA) is 67.2 Å². The van der Waals surface area contributed by atoms with Crippen molar-refractivity contribution in [2.24, 2.45) is 0 Å². The molecule has 1 aromatic heterocycles. The highest BCUT2D eigenvalue weighted by Crippen LogP contribution is 2.27. The van der Waals surface area contributed by atoms with Gasteiger partial charge in [0.25, 0.3) is 0 Å². The highest BCUT2D eigenvalue weighted by molar-refractivity contribution is 5.94. The van der Waals surface area contributed by atoms with Crippen molar-refractivity contribution in [2.75, 3.05) is 11.9 Å². The molecule has 1 aromatic carbocycles. The number of carbonyl (C=O) groups excluding carboxylic acids is 2. The Morgan fingerprint density at radius 1 is 1.22 bits per heavy atom. The van der Waals surface area contributed by atoms with Crippen molar-refractivity contribution in [2.45, 2.75) is 59.9 Å². The van der Waals surface area contributed by atoms with Gasteiger partial charge >= 0.3 is 0 Å². The molecule has 146 valence electrons. The molecule has 1 N–H and O–H groups in total. The van der Waals surface area contributed by atoms with Crippen LogP contribution in [0.3, 0.4) is 0 Å². The first-order valence-electron chi connectivity index (χ1n) is 9.24. The van der Waals surface area contributed by atoms with Gasteiger partial charge in [-0.1, -0.05) is 39.0 Å². The molecule has 2 aromatic rings. The van der Waals surface area contributed by atoms with Crippen molar-refractivity contribution in [3.63, 3.8) is 0 Å². The van der Waals surface area contributed by atoms with Gasteiger partial charge in [0.2, 0.25) is 11.8 Å². The number of rotatable bonds is 5. The van der Waals surface area contributed by atoms with Gasteiger partial charge in [0.05, 0.1) is 11.4 Å². The van der Waals surface area contributed by atoms with E-state index in [9.17, 15) is 9.59 Å². The molecule has 1 heterocycles. The number of nitrogens with zero attached hydrogens (tertiary/aromatic N) is 3. The molecular formula is C21H30N4O2. The molecule has 2 amide bonds. The number of hydrogen-bond acceptors (Lipinski definition) is 3. The first-order chi connectivity index (χ1) is 12.5. The third kappa shape index (κ3) is 4.96. The predicted molar refractivity (Wildman–Crippen MR) is 108 cm³/mol. The lowest BCUT2D eigenvalue weighted by Gasteiger charge is -2.24. The molecule has 0 aliphatic carbocycles. The zero-order valence-corrected chi connectivity index (χ0v) is 17.3. The maximum Gasteiger partial charge on any atom is 0.245 e. The van der Waals surface area contributed by atoms with Crippen LogP contribution in [0.1, 0.15) is 52.8 Å². The molecule has 0 fully saturated rings. The SMILES string of the molecule is CC(=O)N(CC(=O)Nc1cc(C(C)(C)C)nn1-c1ccccc1C)C(C)C. The molecular weight excluding hydrogens is 340 g/mol. The average molecular weight is 370 g/mol. The highest BCUT2D eigenvalue weighted by atomic mass is 16.2. The van der Waals surface area contributed by atoms with Crippen LogP contribution in [0, 0.1) is 6.92 Å². The molecule has 0 unspecified atom stereocenters. The number of amides is 2. The normalized spacial score (nSPS) is 11.6. The quantitative estimate of drug-likeness (QED) is 0.873. The fourth-order valence-electron chi connectivity index (χ4n) is 2.82. The Kier molecular flexibility index (Phi) is 6.08. The zero-order chi connectivity index (χ0) is 20.4. The lowest BCUT2D eigenvalue weighted by atomic mass is 9.92. The summed E-state index contributed by atoms with van der Waals surface area (Å²) in [5.74, 6) is 0.239. The van der Waals surface area contributed by atoms with Crippen LogP contribution in [0.2, 0.25) is 0 Å². The van der Waals surface area contributed by atoms with Crippen LogP contribution < -0.4 is 5.32 Å². The predicted octanol–water partition coefficient (Wildman–Crippen LogP) is 3.67. The number of anilines is 1. The minimum absolute atomic E-state index is 0.0107. The van der Waals surface area contributed by atoms with E-state index in [-0.39, 0.29) is 29.8 Å². The Balaban J connectivity index is 2.38. The Hall–Kier alpha value is -2.63. The van der Waals surface area contributed by atoms with E-state index in [0.717, 1.165) is 16.9 Å². The fourth-order valence-corrected chi connectivity index (χ4v) is 2.82. The van der Waals surface area contributed by atoms with E-state index in [4.69, 9.17) is 5.10 Å². The van der Waals surface area contributed by atoms with E-state index in [1.165, 1.54) is 11.8 Å². The molecule has 0 atom stereocenters. The standard InChI is InChI=1S/C21H30N4O2/c1-14(2)24(16(4)26)13-20(27)22-19-12-18(21(5,6)7)23-25(19)17-11-9-8-10-15(17)3/h8-12,14H,13H2,1-7H3,(H,22,27). The Bertz CT molecular complexity index is 831. The summed E-state index contributed by atoms with van der Waals surface area (Å²) < 4.78 is 1.77. The van der Waals surface area contributed by atoms with Gasteiger partial charge < -0.3 is 10.2 Å². The maximum atomic E-state index is 12.6. The number of nitrogens with one attached hydrogen (secondary N) is 1. The van der Waals surface area contributed by atoms with E-state index < -0.39 is 0 Å². The first-order valence-corrected chi connectivity index (χ1v) is 9.24. The third-order valence-electron chi connectivity index (χ3n) is 4.43. The van der Waals surface area contributed by atoms with Crippen LogP contribution in [-0.4, -0.2) is 39.1 Å². The Labute approximate surface area is 161 Å². The summed E-state index contributed by atoms with van der Waals surface area (Å²) in [6.07, 6.45) is 0. The highest BCUT2D eigenvalue weighted by Gasteiger charge is 2.23. The molecule has 0 aliphatic rings. The molecule has 0 saturated carbocycles. The van der Waals surface area contributed by atoms with Crippen LogP contribution in [0.5, 0.6) is 0 Å². The maximum absolute atomic E-state index is 12.6. The summed E-state index contributed by atoms with van der Waals surface area (Å²) in [6.45, 7) is 13.5. The van der Waals surface area contributed by atoms with Crippen molar-refractivity contribution in [3.05, 3.63) is 41.6 Å². The molecule has 0 saturated heterocycles. The average Bonchev–Trinajstić information content (AvgIpc) is 2.96. The Morgan fingerprint density at radius 3 is 2.37 bits per heavy atom. The second-order valence-electron chi connectivity index (χ2n) is 8.15. The van der Waals surface area contributed by atoms with E-state index in [1.807, 2.05) is 51.1 Å². The number of para-hydroxylation sites is 1. The van der Waals surface area contributed by atoms with Gasteiger partial charge in [-0.25, -0.2) is 4.68 Å². The Morgan fingerprint density at radius 2 is 1.85 bits per heavy atom. The number of carbonyl (C=O) groups is 2. The van der Waals surface area contributed by atoms with Crippen LogP contribution in [0.25, 0.3) is 5.69 Å². The van der Waals surface area contributed by atoms with Crippen LogP contribution in [0.15, 0.2) is 30.3 Å². The summed E-state index contributed by atoms with van der Waals surface area (Å²) in [6, 6.07) is 9.76. The monoisotopic (exact) mass is 370 g/mol. The van der Waals surface area contributed by atoms with Gasteiger partial charge in [-0.15, -0.1) is 0 Å². The van der Waals surface area contributed by atoms with Crippen molar-refractivity contribution in [1.82, 2.24) is 14.7 Å². The first kappa shape index (κ1) is 20.7. The van der Waals surface area contributed by atoms with Crippen molar-refractivity contribution in [1.29, 1.82) is 0 Å². The lowest BCUT2D eigenvalue weighted by Crippen LogP contribution is -2.41. The van der Waals surface area contributed by atoms with Gasteiger partial charge in [0.15, 0.2) is 0 Å². The molecule has 2 rings (SSSR count). The number of aryl methyl sites for hydroxylation is 1. The van der Waals surface area contributed by atoms with Gasteiger partial charge in [0.1, 0.15) is 12.4 Å². The number of aromatic nitrogens is 2. The van der Waals surface area contributed by atoms with E-state index in [2.05, 4.69) is 26.1 Å². The van der Waals surface area contributed by atoms with Gasteiger partial charge in [-0.2, -0.15) is 5.10 Å². The molecule has 0 aliphatic heterocycles. The summed E-state index contributed by atoms with van der Waals surface area (Å²) >= 11 is 0. The van der Waals surface area contributed by atoms with Crippen molar-refractivity contribution < 1.29 is 9.59 Å². The fraction of sp³-hybridized carbons (Fsp3) is 0.476.